The van der Waals surface area contributed by atoms with Gasteiger partial charge in [0.2, 0.25) is 5.91 Å². The Morgan fingerprint density at radius 1 is 1.17 bits per heavy atom. The lowest BCUT2D eigenvalue weighted by Crippen LogP contribution is -2.44. The van der Waals surface area contributed by atoms with Gasteiger partial charge < -0.3 is 9.64 Å². The summed E-state index contributed by atoms with van der Waals surface area (Å²) in [6.45, 7) is 6.05. The Bertz CT molecular complexity index is 666. The predicted molar refractivity (Wildman–Crippen MR) is 95.9 cm³/mol. The van der Waals surface area contributed by atoms with Crippen molar-refractivity contribution in [3.8, 4) is 0 Å². The number of aryl methyl sites for hydroxylation is 1. The Labute approximate surface area is 144 Å². The topological polar surface area (TPSA) is 29.5 Å². The van der Waals surface area contributed by atoms with E-state index in [2.05, 4.69) is 38.1 Å². The second kappa shape index (κ2) is 7.63. The van der Waals surface area contributed by atoms with E-state index in [4.69, 9.17) is 4.74 Å². The second-order valence-electron chi connectivity index (χ2n) is 6.43. The van der Waals surface area contributed by atoms with Crippen LogP contribution in [0.3, 0.4) is 0 Å². The van der Waals surface area contributed by atoms with Crippen LogP contribution < -0.4 is 0 Å². The average Bonchev–Trinajstić information content (AvgIpc) is 2.64. The molecule has 1 aliphatic heterocycles. The summed E-state index contributed by atoms with van der Waals surface area (Å²) in [7, 11) is 0. The monoisotopic (exact) mass is 323 g/mol. The SMILES string of the molecule is CCC(C(=O)N1CCOC(c2ccc(C)cc2)C1)c1ccccc1. The Hall–Kier alpha value is -2.13. The molecule has 0 saturated carbocycles. The van der Waals surface area contributed by atoms with Crippen molar-refractivity contribution in [1.29, 1.82) is 0 Å². The van der Waals surface area contributed by atoms with Crippen molar-refractivity contribution in [3.05, 3.63) is 71.3 Å². The van der Waals surface area contributed by atoms with Crippen LogP contribution in [0.5, 0.6) is 0 Å². The minimum absolute atomic E-state index is 0.0309. The second-order valence-corrected chi connectivity index (χ2v) is 6.43. The van der Waals surface area contributed by atoms with Crippen molar-refractivity contribution in [2.75, 3.05) is 19.7 Å². The maximum absolute atomic E-state index is 13.0. The first-order valence-corrected chi connectivity index (χ1v) is 8.71. The van der Waals surface area contributed by atoms with Crippen molar-refractivity contribution >= 4 is 5.91 Å². The van der Waals surface area contributed by atoms with Crippen molar-refractivity contribution in [1.82, 2.24) is 4.90 Å². The van der Waals surface area contributed by atoms with E-state index >= 15 is 0 Å². The average molecular weight is 323 g/mol. The van der Waals surface area contributed by atoms with Crippen LogP contribution in [0.4, 0.5) is 0 Å². The van der Waals surface area contributed by atoms with E-state index in [0.717, 1.165) is 17.5 Å². The fourth-order valence-electron chi connectivity index (χ4n) is 3.29. The first kappa shape index (κ1) is 16.7. The largest absolute Gasteiger partial charge is 0.370 e. The van der Waals surface area contributed by atoms with Gasteiger partial charge in [-0.15, -0.1) is 0 Å². The molecule has 1 saturated heterocycles. The van der Waals surface area contributed by atoms with Crippen molar-refractivity contribution in [3.63, 3.8) is 0 Å². The number of rotatable bonds is 4. The molecule has 3 nitrogen and oxygen atoms in total. The summed E-state index contributed by atoms with van der Waals surface area (Å²) >= 11 is 0. The molecular formula is C21H25NO2. The molecule has 2 atom stereocenters. The highest BCUT2D eigenvalue weighted by Crippen LogP contribution is 2.27. The summed E-state index contributed by atoms with van der Waals surface area (Å²) in [5.74, 6) is 0.145. The molecule has 1 aliphatic rings. The molecule has 0 bridgehead atoms. The van der Waals surface area contributed by atoms with Crippen LogP contribution in [-0.4, -0.2) is 30.5 Å². The van der Waals surface area contributed by atoms with E-state index in [1.807, 2.05) is 35.2 Å². The van der Waals surface area contributed by atoms with E-state index in [9.17, 15) is 4.79 Å². The quantitative estimate of drug-likeness (QED) is 0.848. The number of benzene rings is 2. The van der Waals surface area contributed by atoms with Crippen LogP contribution in [0, 0.1) is 6.92 Å². The normalized spacial score (nSPS) is 19.1. The van der Waals surface area contributed by atoms with Gasteiger partial charge in [0.1, 0.15) is 6.10 Å². The van der Waals surface area contributed by atoms with Gasteiger partial charge in [-0.3, -0.25) is 4.79 Å². The lowest BCUT2D eigenvalue weighted by atomic mass is 9.94. The van der Waals surface area contributed by atoms with Gasteiger partial charge in [-0.25, -0.2) is 0 Å². The summed E-state index contributed by atoms with van der Waals surface area (Å²) in [6.07, 6.45) is 0.784. The predicted octanol–water partition coefficient (Wildman–Crippen LogP) is 4.09. The van der Waals surface area contributed by atoms with Gasteiger partial charge in [0, 0.05) is 6.54 Å². The number of nitrogens with zero attached hydrogens (tertiary/aromatic N) is 1. The minimum Gasteiger partial charge on any atom is -0.370 e. The van der Waals surface area contributed by atoms with Gasteiger partial charge in [0.25, 0.3) is 0 Å². The zero-order valence-electron chi connectivity index (χ0n) is 14.4. The Morgan fingerprint density at radius 3 is 2.54 bits per heavy atom. The molecule has 0 aliphatic carbocycles. The van der Waals surface area contributed by atoms with Crippen LogP contribution in [0.1, 0.15) is 42.1 Å². The van der Waals surface area contributed by atoms with E-state index in [1.165, 1.54) is 5.56 Å². The van der Waals surface area contributed by atoms with Crippen LogP contribution in [0.2, 0.25) is 0 Å². The number of carbonyl (C=O) groups excluding carboxylic acids is 1. The van der Waals surface area contributed by atoms with Crippen LogP contribution >= 0.6 is 0 Å². The van der Waals surface area contributed by atoms with E-state index < -0.39 is 0 Å². The third-order valence-electron chi connectivity index (χ3n) is 4.74. The van der Waals surface area contributed by atoms with E-state index in [-0.39, 0.29) is 17.9 Å². The first-order valence-electron chi connectivity index (χ1n) is 8.71. The molecule has 0 spiro atoms. The molecule has 126 valence electrons. The Kier molecular flexibility index (Phi) is 5.31. The lowest BCUT2D eigenvalue weighted by Gasteiger charge is -2.35. The van der Waals surface area contributed by atoms with Crippen LogP contribution in [-0.2, 0) is 9.53 Å². The van der Waals surface area contributed by atoms with Gasteiger partial charge in [0.15, 0.2) is 0 Å². The number of amides is 1. The highest BCUT2D eigenvalue weighted by Gasteiger charge is 2.29. The highest BCUT2D eigenvalue weighted by atomic mass is 16.5. The molecule has 0 radical (unpaired) electrons. The molecule has 1 amide bonds. The molecular weight excluding hydrogens is 298 g/mol. The van der Waals surface area contributed by atoms with Gasteiger partial charge in [-0.2, -0.15) is 0 Å². The third kappa shape index (κ3) is 3.68. The molecule has 2 aromatic rings. The summed E-state index contributed by atoms with van der Waals surface area (Å²) < 4.78 is 5.91. The molecule has 0 N–H and O–H groups in total. The first-order chi connectivity index (χ1) is 11.7. The Morgan fingerprint density at radius 2 is 1.88 bits per heavy atom. The van der Waals surface area contributed by atoms with E-state index in [1.54, 1.807) is 0 Å². The van der Waals surface area contributed by atoms with Gasteiger partial charge in [-0.1, -0.05) is 67.1 Å². The summed E-state index contributed by atoms with van der Waals surface area (Å²) in [6, 6.07) is 18.5. The Balaban J connectivity index is 1.73. The van der Waals surface area contributed by atoms with Gasteiger partial charge >= 0.3 is 0 Å². The fourth-order valence-corrected chi connectivity index (χ4v) is 3.29. The fraction of sp³-hybridized carbons (Fsp3) is 0.381. The number of carbonyl (C=O) groups is 1. The van der Waals surface area contributed by atoms with Gasteiger partial charge in [-0.05, 0) is 24.5 Å². The molecule has 2 aromatic carbocycles. The lowest BCUT2D eigenvalue weighted by molar-refractivity contribution is -0.140. The molecule has 1 fully saturated rings. The minimum atomic E-state index is -0.0667. The number of hydrogen-bond acceptors (Lipinski definition) is 2. The van der Waals surface area contributed by atoms with E-state index in [0.29, 0.717) is 19.7 Å². The third-order valence-corrected chi connectivity index (χ3v) is 4.74. The smallest absolute Gasteiger partial charge is 0.230 e. The molecule has 0 aromatic heterocycles. The zero-order chi connectivity index (χ0) is 16.9. The molecule has 3 heteroatoms. The summed E-state index contributed by atoms with van der Waals surface area (Å²) in [5, 5.41) is 0. The zero-order valence-corrected chi connectivity index (χ0v) is 14.4. The van der Waals surface area contributed by atoms with Crippen LogP contribution in [0.15, 0.2) is 54.6 Å². The number of morpholine rings is 1. The molecule has 3 rings (SSSR count). The summed E-state index contributed by atoms with van der Waals surface area (Å²) in [5.41, 5.74) is 3.48. The van der Waals surface area contributed by atoms with Crippen LogP contribution in [0.25, 0.3) is 0 Å². The maximum Gasteiger partial charge on any atom is 0.230 e. The maximum atomic E-state index is 13.0. The van der Waals surface area contributed by atoms with Crippen molar-refractivity contribution in [2.24, 2.45) is 0 Å². The molecule has 1 heterocycles. The van der Waals surface area contributed by atoms with Crippen molar-refractivity contribution < 1.29 is 9.53 Å². The van der Waals surface area contributed by atoms with Crippen molar-refractivity contribution in [2.45, 2.75) is 32.3 Å². The van der Waals surface area contributed by atoms with Gasteiger partial charge in [0.05, 0.1) is 19.1 Å². The standard InChI is InChI=1S/C21H25NO2/c1-3-19(17-7-5-4-6-8-17)21(23)22-13-14-24-20(15-22)18-11-9-16(2)10-12-18/h4-12,19-20H,3,13-15H2,1-2H3. The number of hydrogen-bond donors (Lipinski definition) is 0. The molecule has 2 unspecified atom stereocenters. The highest BCUT2D eigenvalue weighted by molar-refractivity contribution is 5.83. The summed E-state index contributed by atoms with van der Waals surface area (Å²) in [4.78, 5) is 15.0. The number of ether oxygens (including phenoxy) is 1. The molecule has 24 heavy (non-hydrogen) atoms.